The van der Waals surface area contributed by atoms with Gasteiger partial charge in [-0.2, -0.15) is 0 Å². The average Bonchev–Trinajstić information content (AvgIpc) is 2.20. The van der Waals surface area contributed by atoms with Gasteiger partial charge in [-0.05, 0) is 17.7 Å². The molecule has 2 nitrogen and oxygen atoms in total. The van der Waals surface area contributed by atoms with E-state index in [1.165, 1.54) is 19.2 Å². The van der Waals surface area contributed by atoms with E-state index in [1.807, 2.05) is 0 Å². The second kappa shape index (κ2) is 5.10. The molecule has 1 aromatic carbocycles. The Morgan fingerprint density at radius 2 is 2.29 bits per heavy atom. The highest BCUT2D eigenvalue weighted by atomic mass is 79.9. The molecule has 0 heterocycles. The van der Waals surface area contributed by atoms with Gasteiger partial charge in [0.05, 0.1) is 12.4 Å². The van der Waals surface area contributed by atoms with Crippen LogP contribution < -0.4 is 4.74 Å². The summed E-state index contributed by atoms with van der Waals surface area (Å²) in [6, 6.07) is 4.42. The van der Waals surface area contributed by atoms with Crippen molar-refractivity contribution >= 4 is 21.7 Å². The van der Waals surface area contributed by atoms with Crippen LogP contribution in [0.3, 0.4) is 0 Å². The highest BCUT2D eigenvalue weighted by molar-refractivity contribution is 9.09. The van der Waals surface area contributed by atoms with Crippen molar-refractivity contribution in [3.63, 3.8) is 0 Å². The Hall–Kier alpha value is -0.900. The van der Waals surface area contributed by atoms with Crippen molar-refractivity contribution in [1.29, 1.82) is 0 Å². The fourth-order valence-electron chi connectivity index (χ4n) is 1.09. The minimum atomic E-state index is -0.414. The normalized spacial score (nSPS) is 9.93. The third-order valence-corrected chi connectivity index (χ3v) is 2.39. The molecule has 76 valence electrons. The monoisotopic (exact) mass is 260 g/mol. The van der Waals surface area contributed by atoms with Crippen molar-refractivity contribution in [2.45, 2.75) is 6.42 Å². The van der Waals surface area contributed by atoms with E-state index in [0.717, 1.165) is 5.56 Å². The quantitative estimate of drug-likeness (QED) is 0.777. The van der Waals surface area contributed by atoms with Crippen LogP contribution in [0.25, 0.3) is 0 Å². The first-order valence-electron chi connectivity index (χ1n) is 4.07. The van der Waals surface area contributed by atoms with E-state index in [9.17, 15) is 9.18 Å². The van der Waals surface area contributed by atoms with Gasteiger partial charge in [-0.15, -0.1) is 0 Å². The molecule has 14 heavy (non-hydrogen) atoms. The van der Waals surface area contributed by atoms with Gasteiger partial charge >= 0.3 is 0 Å². The van der Waals surface area contributed by atoms with Crippen LogP contribution in [0.2, 0.25) is 0 Å². The minimum absolute atomic E-state index is 0.0543. The number of ether oxygens (including phenoxy) is 1. The lowest BCUT2D eigenvalue weighted by Gasteiger charge is -2.04. The second-order valence-electron chi connectivity index (χ2n) is 2.82. The molecule has 0 N–H and O–H groups in total. The summed E-state index contributed by atoms with van der Waals surface area (Å²) in [4.78, 5) is 11.1. The number of methoxy groups -OCH3 is 1. The summed E-state index contributed by atoms with van der Waals surface area (Å²) in [5.41, 5.74) is 0.757. The molecule has 0 bridgehead atoms. The van der Waals surface area contributed by atoms with Crippen molar-refractivity contribution in [2.75, 3.05) is 12.4 Å². The molecular weight excluding hydrogens is 251 g/mol. The standard InChI is InChI=1S/C10H10BrFO2/c1-14-10-5-7(2-3-9(10)12)4-8(13)6-11/h2-3,5H,4,6H2,1H3. The number of ketones is 1. The number of halogens is 2. The summed E-state index contributed by atoms with van der Waals surface area (Å²) >= 11 is 3.07. The predicted molar refractivity (Wildman–Crippen MR) is 55.5 cm³/mol. The molecule has 0 amide bonds. The highest BCUT2D eigenvalue weighted by Gasteiger charge is 2.06. The van der Waals surface area contributed by atoms with Gasteiger partial charge in [0, 0.05) is 6.42 Å². The van der Waals surface area contributed by atoms with E-state index in [0.29, 0.717) is 11.8 Å². The molecule has 0 aliphatic heterocycles. The van der Waals surface area contributed by atoms with E-state index < -0.39 is 5.82 Å². The maximum absolute atomic E-state index is 13.0. The van der Waals surface area contributed by atoms with Crippen LogP contribution in [-0.2, 0) is 11.2 Å². The van der Waals surface area contributed by atoms with E-state index in [-0.39, 0.29) is 11.5 Å². The number of alkyl halides is 1. The summed E-state index contributed by atoms with van der Waals surface area (Å²) < 4.78 is 17.8. The van der Waals surface area contributed by atoms with Gasteiger partial charge in [0.25, 0.3) is 0 Å². The molecule has 0 aliphatic rings. The van der Waals surface area contributed by atoms with Crippen LogP contribution in [0, 0.1) is 5.82 Å². The zero-order valence-corrected chi connectivity index (χ0v) is 9.30. The van der Waals surface area contributed by atoms with E-state index in [1.54, 1.807) is 6.07 Å². The maximum Gasteiger partial charge on any atom is 0.165 e. The fourth-order valence-corrected chi connectivity index (χ4v) is 1.29. The van der Waals surface area contributed by atoms with Gasteiger partial charge in [0.15, 0.2) is 11.6 Å². The highest BCUT2D eigenvalue weighted by Crippen LogP contribution is 2.18. The van der Waals surface area contributed by atoms with E-state index in [4.69, 9.17) is 4.74 Å². The molecule has 4 heteroatoms. The number of hydrogen-bond acceptors (Lipinski definition) is 2. The molecule has 0 spiro atoms. The molecule has 0 radical (unpaired) electrons. The summed E-state index contributed by atoms with van der Waals surface area (Å²) in [7, 11) is 1.40. The van der Waals surface area contributed by atoms with Crippen molar-refractivity contribution < 1.29 is 13.9 Å². The zero-order chi connectivity index (χ0) is 10.6. The number of hydrogen-bond donors (Lipinski definition) is 0. The average molecular weight is 261 g/mol. The van der Waals surface area contributed by atoms with Gasteiger partial charge < -0.3 is 4.74 Å². The van der Waals surface area contributed by atoms with Crippen molar-refractivity contribution in [3.8, 4) is 5.75 Å². The van der Waals surface area contributed by atoms with Crippen LogP contribution in [0.5, 0.6) is 5.75 Å². The Labute approximate surface area is 90.2 Å². The van der Waals surface area contributed by atoms with Crippen LogP contribution in [0.4, 0.5) is 4.39 Å². The SMILES string of the molecule is COc1cc(CC(=O)CBr)ccc1F. The Kier molecular flexibility index (Phi) is 4.07. The molecular formula is C10H10BrFO2. The van der Waals surface area contributed by atoms with Crippen molar-refractivity contribution in [2.24, 2.45) is 0 Å². The van der Waals surface area contributed by atoms with Gasteiger partial charge in [-0.25, -0.2) is 4.39 Å². The van der Waals surface area contributed by atoms with Crippen molar-refractivity contribution in [3.05, 3.63) is 29.6 Å². The molecule has 1 aromatic rings. The number of benzene rings is 1. The van der Waals surface area contributed by atoms with Gasteiger partial charge in [0.1, 0.15) is 5.78 Å². The van der Waals surface area contributed by atoms with Crippen molar-refractivity contribution in [1.82, 2.24) is 0 Å². The molecule has 0 saturated heterocycles. The molecule has 0 fully saturated rings. The largest absolute Gasteiger partial charge is 0.494 e. The molecule has 0 unspecified atom stereocenters. The molecule has 0 saturated carbocycles. The number of rotatable bonds is 4. The third-order valence-electron chi connectivity index (χ3n) is 1.77. The summed E-state index contributed by atoms with van der Waals surface area (Å²) in [5, 5.41) is 0.312. The molecule has 0 aliphatic carbocycles. The van der Waals surface area contributed by atoms with Gasteiger partial charge in [0.2, 0.25) is 0 Å². The van der Waals surface area contributed by atoms with Crippen LogP contribution in [0.1, 0.15) is 5.56 Å². The van der Waals surface area contributed by atoms with Crippen LogP contribution in [0.15, 0.2) is 18.2 Å². The van der Waals surface area contributed by atoms with Crippen LogP contribution >= 0.6 is 15.9 Å². The van der Waals surface area contributed by atoms with Gasteiger partial charge in [-0.1, -0.05) is 22.0 Å². The Morgan fingerprint density at radius 3 is 2.86 bits per heavy atom. The predicted octanol–water partition coefficient (Wildman–Crippen LogP) is 2.34. The lowest BCUT2D eigenvalue weighted by molar-refractivity contribution is -0.115. The van der Waals surface area contributed by atoms with Gasteiger partial charge in [-0.3, -0.25) is 4.79 Å². The topological polar surface area (TPSA) is 26.3 Å². The summed E-state index contributed by atoms with van der Waals surface area (Å²) in [6.45, 7) is 0. The first-order valence-corrected chi connectivity index (χ1v) is 5.19. The smallest absolute Gasteiger partial charge is 0.165 e. The first-order chi connectivity index (χ1) is 6.67. The number of carbonyl (C=O) groups excluding carboxylic acids is 1. The summed E-state index contributed by atoms with van der Waals surface area (Å²) in [5.74, 6) is -0.189. The Morgan fingerprint density at radius 1 is 1.57 bits per heavy atom. The van der Waals surface area contributed by atoms with E-state index in [2.05, 4.69) is 15.9 Å². The lowest BCUT2D eigenvalue weighted by Crippen LogP contribution is -2.03. The molecule has 0 atom stereocenters. The Balaban J connectivity index is 2.84. The van der Waals surface area contributed by atoms with E-state index >= 15 is 0 Å². The summed E-state index contributed by atoms with van der Waals surface area (Å²) in [6.07, 6.45) is 0.294. The fraction of sp³-hybridized carbons (Fsp3) is 0.300. The number of Topliss-reactive ketones (excluding diaryl/α,β-unsaturated/α-hetero) is 1. The Bertz CT molecular complexity index is 339. The third kappa shape index (κ3) is 2.80. The zero-order valence-electron chi connectivity index (χ0n) is 7.72. The molecule has 1 rings (SSSR count). The molecule has 0 aromatic heterocycles. The van der Waals surface area contributed by atoms with Crippen LogP contribution in [-0.4, -0.2) is 18.2 Å². The first kappa shape index (κ1) is 11.2. The number of carbonyl (C=O) groups is 1. The minimum Gasteiger partial charge on any atom is -0.494 e. The lowest BCUT2D eigenvalue weighted by atomic mass is 10.1. The second-order valence-corrected chi connectivity index (χ2v) is 3.38. The maximum atomic E-state index is 13.0.